The van der Waals surface area contributed by atoms with Crippen molar-refractivity contribution in [3.8, 4) is 0 Å². The summed E-state index contributed by atoms with van der Waals surface area (Å²) in [5.41, 5.74) is 1.90. The third-order valence-corrected chi connectivity index (χ3v) is 4.49. The van der Waals surface area contributed by atoms with Crippen molar-refractivity contribution in [2.24, 2.45) is 0 Å². The fraction of sp³-hybridized carbons (Fsp3) is 0.208. The summed E-state index contributed by atoms with van der Waals surface area (Å²) in [6.45, 7) is 1.62. The minimum absolute atomic E-state index is 0.0609. The van der Waals surface area contributed by atoms with E-state index in [0.29, 0.717) is 17.7 Å². The zero-order valence-electron chi connectivity index (χ0n) is 16.3. The molecule has 0 aliphatic rings. The molecular weight excluding hydrogens is 366 g/mol. The Morgan fingerprint density at radius 2 is 1.62 bits per heavy atom. The Bertz CT molecular complexity index is 1020. The number of rotatable bonds is 8. The van der Waals surface area contributed by atoms with E-state index in [-0.39, 0.29) is 24.7 Å². The molecule has 0 saturated heterocycles. The van der Waals surface area contributed by atoms with Gasteiger partial charge >= 0.3 is 5.97 Å². The molecule has 0 spiro atoms. The Hall–Kier alpha value is -3.47. The van der Waals surface area contributed by atoms with Crippen molar-refractivity contribution in [2.45, 2.75) is 26.2 Å². The number of anilines is 1. The molecule has 3 aromatic rings. The molecule has 148 valence electrons. The average Bonchev–Trinajstić information content (AvgIpc) is 2.72. The van der Waals surface area contributed by atoms with E-state index >= 15 is 0 Å². The highest BCUT2D eigenvalue weighted by Gasteiger charge is 2.11. The normalized spacial score (nSPS) is 10.5. The third kappa shape index (κ3) is 5.75. The highest BCUT2D eigenvalue weighted by molar-refractivity contribution is 5.99. The van der Waals surface area contributed by atoms with Crippen LogP contribution >= 0.6 is 0 Å². The van der Waals surface area contributed by atoms with Crippen molar-refractivity contribution >= 4 is 34.1 Å². The van der Waals surface area contributed by atoms with E-state index in [0.717, 1.165) is 22.8 Å². The molecule has 0 atom stereocenters. The fourth-order valence-corrected chi connectivity index (χ4v) is 2.99. The van der Waals surface area contributed by atoms with Gasteiger partial charge in [-0.1, -0.05) is 49.4 Å². The van der Waals surface area contributed by atoms with E-state index in [9.17, 15) is 14.4 Å². The first kappa shape index (κ1) is 20.3. The molecule has 0 aliphatic carbocycles. The second-order valence-corrected chi connectivity index (χ2v) is 6.82. The molecule has 3 rings (SSSR count). The number of amides is 1. The van der Waals surface area contributed by atoms with Crippen LogP contribution in [0.3, 0.4) is 0 Å². The molecule has 29 heavy (non-hydrogen) atoms. The monoisotopic (exact) mass is 389 g/mol. The van der Waals surface area contributed by atoms with Crippen molar-refractivity contribution in [2.75, 3.05) is 11.9 Å². The zero-order chi connectivity index (χ0) is 20.6. The highest BCUT2D eigenvalue weighted by atomic mass is 16.5. The van der Waals surface area contributed by atoms with Gasteiger partial charge in [0.25, 0.3) is 0 Å². The van der Waals surface area contributed by atoms with Crippen LogP contribution in [0.4, 0.5) is 5.69 Å². The number of ether oxygens (including phenoxy) is 1. The number of hydrogen-bond donors (Lipinski definition) is 1. The molecule has 5 heteroatoms. The van der Waals surface area contributed by atoms with Crippen LogP contribution in [-0.2, 0) is 20.7 Å². The topological polar surface area (TPSA) is 72.5 Å². The standard InChI is InChI=1S/C24H23NO4/c1-2-5-23(27)25-21-12-10-19(11-13-21)22(26)16-29-24(28)15-17-8-9-18-6-3-4-7-20(18)14-17/h3-4,6-14H,2,5,15-16H2,1H3,(H,25,27). The molecule has 0 saturated carbocycles. The predicted octanol–water partition coefficient (Wildman–Crippen LogP) is 4.55. The summed E-state index contributed by atoms with van der Waals surface area (Å²) in [7, 11) is 0. The zero-order valence-corrected chi connectivity index (χ0v) is 16.3. The van der Waals surface area contributed by atoms with E-state index in [2.05, 4.69) is 5.32 Å². The minimum atomic E-state index is -0.447. The Labute approximate surface area is 169 Å². The molecule has 0 fully saturated rings. The number of benzene rings is 3. The molecule has 5 nitrogen and oxygen atoms in total. The van der Waals surface area contributed by atoms with Crippen molar-refractivity contribution in [1.29, 1.82) is 0 Å². The maximum absolute atomic E-state index is 12.2. The van der Waals surface area contributed by atoms with Crippen LogP contribution in [0.1, 0.15) is 35.7 Å². The Morgan fingerprint density at radius 3 is 2.34 bits per heavy atom. The summed E-state index contributed by atoms with van der Waals surface area (Å²) in [6, 6.07) is 20.3. The minimum Gasteiger partial charge on any atom is -0.457 e. The maximum Gasteiger partial charge on any atom is 0.310 e. The molecule has 0 unspecified atom stereocenters. The SMILES string of the molecule is CCCC(=O)Nc1ccc(C(=O)COC(=O)Cc2ccc3ccccc3c2)cc1. The molecule has 0 aromatic heterocycles. The second-order valence-electron chi connectivity index (χ2n) is 6.82. The molecule has 0 heterocycles. The summed E-state index contributed by atoms with van der Waals surface area (Å²) >= 11 is 0. The van der Waals surface area contributed by atoms with Gasteiger partial charge in [0, 0.05) is 17.7 Å². The smallest absolute Gasteiger partial charge is 0.310 e. The Morgan fingerprint density at radius 1 is 0.897 bits per heavy atom. The van der Waals surface area contributed by atoms with Gasteiger partial charge in [0.1, 0.15) is 0 Å². The van der Waals surface area contributed by atoms with Gasteiger partial charge in [0.15, 0.2) is 12.4 Å². The van der Waals surface area contributed by atoms with Crippen molar-refractivity contribution < 1.29 is 19.1 Å². The van der Waals surface area contributed by atoms with Gasteiger partial charge in [-0.25, -0.2) is 0 Å². The highest BCUT2D eigenvalue weighted by Crippen LogP contribution is 2.16. The maximum atomic E-state index is 12.2. The number of nitrogens with one attached hydrogen (secondary N) is 1. The van der Waals surface area contributed by atoms with E-state index < -0.39 is 5.97 Å². The van der Waals surface area contributed by atoms with E-state index in [1.54, 1.807) is 24.3 Å². The summed E-state index contributed by atoms with van der Waals surface area (Å²) in [4.78, 5) is 35.9. The number of carbonyl (C=O) groups is 3. The van der Waals surface area contributed by atoms with Crippen molar-refractivity contribution in [3.63, 3.8) is 0 Å². The Kier molecular flexibility index (Phi) is 6.74. The van der Waals surface area contributed by atoms with Crippen LogP contribution in [0, 0.1) is 0 Å². The summed E-state index contributed by atoms with van der Waals surface area (Å²) in [6.07, 6.45) is 1.33. The summed E-state index contributed by atoms with van der Waals surface area (Å²) in [5.74, 6) is -0.797. The molecule has 0 bridgehead atoms. The predicted molar refractivity (Wildman–Crippen MR) is 113 cm³/mol. The van der Waals surface area contributed by atoms with Gasteiger partial charge in [-0.3, -0.25) is 14.4 Å². The van der Waals surface area contributed by atoms with Gasteiger partial charge in [0.2, 0.25) is 5.91 Å². The molecule has 1 N–H and O–H groups in total. The molecule has 3 aromatic carbocycles. The average molecular weight is 389 g/mol. The van der Waals surface area contributed by atoms with Crippen LogP contribution in [0.2, 0.25) is 0 Å². The lowest BCUT2D eigenvalue weighted by molar-refractivity contribution is -0.141. The molecule has 1 amide bonds. The lowest BCUT2D eigenvalue weighted by atomic mass is 10.1. The van der Waals surface area contributed by atoms with Gasteiger partial charge in [0.05, 0.1) is 6.42 Å². The first-order valence-electron chi connectivity index (χ1n) is 9.61. The van der Waals surface area contributed by atoms with Crippen LogP contribution < -0.4 is 5.32 Å². The summed E-state index contributed by atoms with van der Waals surface area (Å²) in [5, 5.41) is 4.92. The quantitative estimate of drug-likeness (QED) is 0.453. The number of ketones is 1. The lowest BCUT2D eigenvalue weighted by Gasteiger charge is -2.07. The molecular formula is C24H23NO4. The van der Waals surface area contributed by atoms with E-state index in [1.807, 2.05) is 49.4 Å². The fourth-order valence-electron chi connectivity index (χ4n) is 2.99. The molecule has 0 aliphatic heterocycles. The number of carbonyl (C=O) groups excluding carboxylic acids is 3. The number of fused-ring (bicyclic) bond motifs is 1. The number of Topliss-reactive ketones (excluding diaryl/α,β-unsaturated/α-hetero) is 1. The van der Waals surface area contributed by atoms with E-state index in [1.165, 1.54) is 0 Å². The van der Waals surface area contributed by atoms with Crippen molar-refractivity contribution in [3.05, 3.63) is 77.9 Å². The van der Waals surface area contributed by atoms with Crippen LogP contribution in [0.5, 0.6) is 0 Å². The van der Waals surface area contributed by atoms with Gasteiger partial charge < -0.3 is 10.1 Å². The first-order chi connectivity index (χ1) is 14.0. The van der Waals surface area contributed by atoms with Crippen molar-refractivity contribution in [1.82, 2.24) is 0 Å². The molecule has 0 radical (unpaired) electrons. The lowest BCUT2D eigenvalue weighted by Crippen LogP contribution is -2.16. The van der Waals surface area contributed by atoms with Crippen LogP contribution in [-0.4, -0.2) is 24.3 Å². The van der Waals surface area contributed by atoms with Gasteiger partial charge in [-0.15, -0.1) is 0 Å². The first-order valence-corrected chi connectivity index (χ1v) is 9.61. The van der Waals surface area contributed by atoms with Gasteiger partial charge in [-0.2, -0.15) is 0 Å². The van der Waals surface area contributed by atoms with Gasteiger partial charge in [-0.05, 0) is 47.0 Å². The summed E-state index contributed by atoms with van der Waals surface area (Å²) < 4.78 is 5.14. The largest absolute Gasteiger partial charge is 0.457 e. The third-order valence-electron chi connectivity index (χ3n) is 4.49. The van der Waals surface area contributed by atoms with Crippen LogP contribution in [0.25, 0.3) is 10.8 Å². The Balaban J connectivity index is 1.51. The van der Waals surface area contributed by atoms with Crippen LogP contribution in [0.15, 0.2) is 66.7 Å². The number of hydrogen-bond acceptors (Lipinski definition) is 4. The number of esters is 1. The second kappa shape index (κ2) is 9.64. The van der Waals surface area contributed by atoms with E-state index in [4.69, 9.17) is 4.74 Å².